The first-order valence-corrected chi connectivity index (χ1v) is 11.8. The van der Waals surface area contributed by atoms with Crippen LogP contribution in [0.5, 0.6) is 0 Å². The van der Waals surface area contributed by atoms with E-state index in [-0.39, 0.29) is 27.1 Å². The van der Waals surface area contributed by atoms with E-state index < -0.39 is 20.0 Å². The lowest BCUT2D eigenvalue weighted by molar-refractivity contribution is 0.444. The molecule has 0 radical (unpaired) electrons. The number of aromatic nitrogens is 2. The summed E-state index contributed by atoms with van der Waals surface area (Å²) in [6, 6.07) is 6.58. The summed E-state index contributed by atoms with van der Waals surface area (Å²) in [5.74, 6) is 0.279. The van der Waals surface area contributed by atoms with Crippen LogP contribution in [0, 0.1) is 13.8 Å². The van der Waals surface area contributed by atoms with Gasteiger partial charge in [-0.15, -0.1) is 0 Å². The van der Waals surface area contributed by atoms with E-state index in [1.54, 1.807) is 26.0 Å². The van der Waals surface area contributed by atoms with E-state index in [2.05, 4.69) is 5.10 Å². The fourth-order valence-corrected chi connectivity index (χ4v) is 6.26. The molecule has 27 heavy (non-hydrogen) atoms. The molecule has 1 aromatic carbocycles. The van der Waals surface area contributed by atoms with Gasteiger partial charge in [0.2, 0.25) is 10.0 Å². The van der Waals surface area contributed by atoms with Crippen molar-refractivity contribution in [2.75, 3.05) is 13.1 Å². The van der Waals surface area contributed by atoms with Gasteiger partial charge in [0, 0.05) is 13.1 Å². The summed E-state index contributed by atoms with van der Waals surface area (Å²) < 4.78 is 54.0. The molecule has 0 amide bonds. The molecule has 0 aliphatic heterocycles. The zero-order valence-electron chi connectivity index (χ0n) is 16.6. The zero-order chi connectivity index (χ0) is 20.6. The molecular weight excluding hydrogens is 386 g/mol. The molecule has 0 bridgehead atoms. The number of rotatable bonds is 7. The van der Waals surface area contributed by atoms with Gasteiger partial charge in [0.05, 0.1) is 16.3 Å². The Kier molecular flexibility index (Phi) is 6.18. The number of sulfonamides is 1. The van der Waals surface area contributed by atoms with Gasteiger partial charge in [-0.05, 0) is 37.5 Å². The smallest absolute Gasteiger partial charge is 0.207 e. The molecular formula is C18H27N3O4S2. The van der Waals surface area contributed by atoms with Crippen molar-refractivity contribution < 1.29 is 16.8 Å². The third-order valence-corrected chi connectivity index (χ3v) is 8.54. The van der Waals surface area contributed by atoms with Crippen molar-refractivity contribution in [1.29, 1.82) is 0 Å². The average molecular weight is 414 g/mol. The Morgan fingerprint density at radius 1 is 1.00 bits per heavy atom. The summed E-state index contributed by atoms with van der Waals surface area (Å²) in [5.41, 5.74) is 1.28. The van der Waals surface area contributed by atoms with Crippen LogP contribution in [0.1, 0.15) is 50.6 Å². The monoisotopic (exact) mass is 413 g/mol. The molecule has 0 aliphatic carbocycles. The van der Waals surface area contributed by atoms with Crippen LogP contribution in [0.2, 0.25) is 0 Å². The fraction of sp³-hybridized carbons (Fsp3) is 0.500. The Morgan fingerprint density at radius 2 is 1.52 bits per heavy atom. The SMILES string of the molecule is CCN(CC)S(=O)(=O)c1c(C)nn(S(=O)(=O)c2ccc(C(C)C)cc2)c1C. The summed E-state index contributed by atoms with van der Waals surface area (Å²) in [6.45, 7) is 11.1. The molecule has 0 unspecified atom stereocenters. The quantitative estimate of drug-likeness (QED) is 0.696. The van der Waals surface area contributed by atoms with Crippen LogP contribution >= 0.6 is 0 Å². The average Bonchev–Trinajstić information content (AvgIpc) is 2.91. The highest BCUT2D eigenvalue weighted by atomic mass is 32.2. The van der Waals surface area contributed by atoms with Crippen LogP contribution in [0.15, 0.2) is 34.1 Å². The Balaban J connectivity index is 2.61. The second-order valence-electron chi connectivity index (χ2n) is 6.66. The Morgan fingerprint density at radius 3 is 1.96 bits per heavy atom. The number of hydrogen-bond acceptors (Lipinski definition) is 5. The van der Waals surface area contributed by atoms with Crippen LogP contribution in [0.4, 0.5) is 0 Å². The molecule has 0 fully saturated rings. The van der Waals surface area contributed by atoms with Crippen molar-refractivity contribution in [2.45, 2.75) is 57.3 Å². The third kappa shape index (κ3) is 3.81. The van der Waals surface area contributed by atoms with E-state index in [1.165, 1.54) is 30.3 Å². The summed E-state index contributed by atoms with van der Waals surface area (Å²) in [6.07, 6.45) is 0. The molecule has 9 heteroatoms. The number of nitrogens with zero attached hydrogens (tertiary/aromatic N) is 3. The lowest BCUT2D eigenvalue weighted by atomic mass is 10.0. The normalized spacial score (nSPS) is 12.9. The van der Waals surface area contributed by atoms with Crippen LogP contribution in [0.25, 0.3) is 0 Å². The first-order valence-electron chi connectivity index (χ1n) is 8.90. The molecule has 1 aromatic heterocycles. The van der Waals surface area contributed by atoms with Gasteiger partial charge in [-0.3, -0.25) is 0 Å². The Hall–Kier alpha value is -1.71. The molecule has 2 rings (SSSR count). The molecule has 7 nitrogen and oxygen atoms in total. The van der Waals surface area contributed by atoms with Gasteiger partial charge < -0.3 is 0 Å². The maximum Gasteiger partial charge on any atom is 0.283 e. The summed E-state index contributed by atoms with van der Waals surface area (Å²) in [4.78, 5) is 0.0258. The Bertz CT molecular complexity index is 1020. The minimum atomic E-state index is -3.99. The van der Waals surface area contributed by atoms with Gasteiger partial charge in [0.1, 0.15) is 4.90 Å². The van der Waals surface area contributed by atoms with Crippen LogP contribution in [0.3, 0.4) is 0 Å². The van der Waals surface area contributed by atoms with E-state index in [1.807, 2.05) is 13.8 Å². The fourth-order valence-electron chi connectivity index (χ4n) is 3.03. The number of hydrogen-bond donors (Lipinski definition) is 0. The summed E-state index contributed by atoms with van der Waals surface area (Å²) in [7, 11) is -7.81. The van der Waals surface area contributed by atoms with Crippen molar-refractivity contribution in [3.05, 3.63) is 41.2 Å². The highest BCUT2D eigenvalue weighted by Gasteiger charge is 2.32. The van der Waals surface area contributed by atoms with Crippen molar-refractivity contribution in [1.82, 2.24) is 13.5 Å². The van der Waals surface area contributed by atoms with Gasteiger partial charge in [-0.1, -0.05) is 39.8 Å². The lowest BCUT2D eigenvalue weighted by Crippen LogP contribution is -2.31. The van der Waals surface area contributed by atoms with Gasteiger partial charge in [-0.25, -0.2) is 8.42 Å². The maximum absolute atomic E-state index is 13.0. The zero-order valence-corrected chi connectivity index (χ0v) is 18.2. The predicted molar refractivity (Wildman–Crippen MR) is 105 cm³/mol. The molecule has 0 saturated carbocycles. The topological polar surface area (TPSA) is 89.3 Å². The van der Waals surface area contributed by atoms with Crippen LogP contribution in [-0.2, 0) is 20.0 Å². The molecule has 0 spiro atoms. The minimum absolute atomic E-state index is 0.0476. The molecule has 0 atom stereocenters. The first kappa shape index (κ1) is 21.6. The van der Waals surface area contributed by atoms with Crippen molar-refractivity contribution in [3.8, 4) is 0 Å². The second-order valence-corrected chi connectivity index (χ2v) is 10.3. The van der Waals surface area contributed by atoms with Crippen molar-refractivity contribution >= 4 is 20.0 Å². The molecule has 0 aliphatic rings. The highest BCUT2D eigenvalue weighted by molar-refractivity contribution is 7.90. The van der Waals surface area contributed by atoms with E-state index in [9.17, 15) is 16.8 Å². The standard InChI is InChI=1S/C18H27N3O4S2/c1-7-20(8-2)27(24,25)18-14(5)19-21(15(18)6)26(22,23)17-11-9-16(10-12-17)13(3)4/h9-13H,7-8H2,1-6H3. The van der Waals surface area contributed by atoms with Crippen LogP contribution in [-0.4, -0.2) is 43.4 Å². The number of benzene rings is 1. The lowest BCUT2D eigenvalue weighted by Gasteiger charge is -2.18. The molecule has 1 heterocycles. The van der Waals surface area contributed by atoms with Gasteiger partial charge >= 0.3 is 0 Å². The van der Waals surface area contributed by atoms with Crippen molar-refractivity contribution in [3.63, 3.8) is 0 Å². The van der Waals surface area contributed by atoms with E-state index in [0.29, 0.717) is 13.1 Å². The minimum Gasteiger partial charge on any atom is -0.207 e. The molecule has 150 valence electrons. The summed E-state index contributed by atoms with van der Waals surface area (Å²) in [5, 5.41) is 4.06. The highest BCUT2D eigenvalue weighted by Crippen LogP contribution is 2.27. The predicted octanol–water partition coefficient (Wildman–Crippen LogP) is 2.89. The Labute approximate surface area is 162 Å². The second kappa shape index (κ2) is 7.73. The largest absolute Gasteiger partial charge is 0.283 e. The van der Waals surface area contributed by atoms with Crippen molar-refractivity contribution in [2.24, 2.45) is 0 Å². The molecule has 0 saturated heterocycles. The first-order chi connectivity index (χ1) is 12.5. The van der Waals surface area contributed by atoms with Gasteiger partial charge in [0.25, 0.3) is 10.0 Å². The van der Waals surface area contributed by atoms with Gasteiger partial charge in [0.15, 0.2) is 0 Å². The van der Waals surface area contributed by atoms with Crippen LogP contribution < -0.4 is 0 Å². The molecule has 2 aromatic rings. The molecule has 0 N–H and O–H groups in total. The van der Waals surface area contributed by atoms with E-state index in [0.717, 1.165) is 9.65 Å². The van der Waals surface area contributed by atoms with E-state index in [4.69, 9.17) is 0 Å². The van der Waals surface area contributed by atoms with E-state index >= 15 is 0 Å². The van der Waals surface area contributed by atoms with Gasteiger partial charge in [-0.2, -0.15) is 21.9 Å². The third-order valence-electron chi connectivity index (χ3n) is 4.56. The summed E-state index contributed by atoms with van der Waals surface area (Å²) >= 11 is 0. The number of aryl methyl sites for hydroxylation is 1. The maximum atomic E-state index is 13.0.